The highest BCUT2D eigenvalue weighted by Gasteiger charge is 1.97. The maximum Gasteiger partial charge on any atom is 0.119 e. The van der Waals surface area contributed by atoms with E-state index in [1.165, 1.54) is 57.8 Å². The number of rotatable bonds is 17. The third kappa shape index (κ3) is 11.6. The van der Waals surface area contributed by atoms with Gasteiger partial charge >= 0.3 is 0 Å². The van der Waals surface area contributed by atoms with E-state index in [-0.39, 0.29) is 0 Å². The van der Waals surface area contributed by atoms with Crippen LogP contribution < -0.4 is 9.47 Å². The van der Waals surface area contributed by atoms with E-state index in [1.807, 2.05) is 54.7 Å². The predicted molar refractivity (Wildman–Crippen MR) is 133 cm³/mol. The molecule has 0 radical (unpaired) electrons. The molecule has 0 aliphatic rings. The molecule has 0 atom stereocenters. The largest absolute Gasteiger partial charge is 0.494 e. The van der Waals surface area contributed by atoms with E-state index in [4.69, 9.17) is 9.47 Å². The summed E-state index contributed by atoms with van der Waals surface area (Å²) in [4.78, 5) is 4.56. The van der Waals surface area contributed by atoms with E-state index < -0.39 is 0 Å². The fraction of sp³-hybridized carbons (Fsp3) is 0.536. The van der Waals surface area contributed by atoms with E-state index >= 15 is 0 Å². The molecule has 0 aliphatic carbocycles. The van der Waals surface area contributed by atoms with Crippen molar-refractivity contribution >= 4 is 11.9 Å². The van der Waals surface area contributed by atoms with Crippen molar-refractivity contribution in [3.63, 3.8) is 0 Å². The van der Waals surface area contributed by atoms with Gasteiger partial charge in [-0.15, -0.1) is 0 Å². The van der Waals surface area contributed by atoms with Gasteiger partial charge in [-0.1, -0.05) is 71.6 Å². The van der Waals surface area contributed by atoms with Gasteiger partial charge in [0.1, 0.15) is 11.5 Å². The van der Waals surface area contributed by atoms with E-state index in [2.05, 4.69) is 18.8 Å². The number of hydrogen-bond acceptors (Lipinski definition) is 3. The molecule has 0 saturated carbocycles. The smallest absolute Gasteiger partial charge is 0.119 e. The average Bonchev–Trinajstić information content (AvgIpc) is 2.81. The fourth-order valence-corrected chi connectivity index (χ4v) is 3.40. The molecule has 3 nitrogen and oxygen atoms in total. The summed E-state index contributed by atoms with van der Waals surface area (Å²) < 4.78 is 11.6. The number of unbranched alkanes of at least 4 members (excludes halogenated alkanes) is 9. The third-order valence-corrected chi connectivity index (χ3v) is 5.36. The van der Waals surface area contributed by atoms with Crippen LogP contribution in [0.25, 0.3) is 0 Å². The second-order valence-electron chi connectivity index (χ2n) is 8.20. The number of hydrogen-bond donors (Lipinski definition) is 0. The zero-order chi connectivity index (χ0) is 22.0. The van der Waals surface area contributed by atoms with Crippen LogP contribution >= 0.6 is 0 Å². The molecule has 0 heterocycles. The Morgan fingerprint density at radius 2 is 1.03 bits per heavy atom. The lowest BCUT2D eigenvalue weighted by molar-refractivity contribution is 0.304. The number of benzene rings is 2. The topological polar surface area (TPSA) is 30.8 Å². The highest BCUT2D eigenvalue weighted by atomic mass is 16.5. The van der Waals surface area contributed by atoms with Crippen LogP contribution in [0.5, 0.6) is 11.5 Å². The zero-order valence-corrected chi connectivity index (χ0v) is 19.7. The Bertz CT molecular complexity index is 707. The first-order chi connectivity index (χ1) is 15.3. The van der Waals surface area contributed by atoms with Gasteiger partial charge in [-0.05, 0) is 66.9 Å². The molecule has 0 bridgehead atoms. The second kappa shape index (κ2) is 16.4. The lowest BCUT2D eigenvalue weighted by Crippen LogP contribution is -1.97. The highest BCUT2D eigenvalue weighted by molar-refractivity contribution is 5.82. The Morgan fingerprint density at radius 1 is 0.581 bits per heavy atom. The van der Waals surface area contributed by atoms with Gasteiger partial charge in [-0.25, -0.2) is 0 Å². The molecule has 0 spiro atoms. The molecular weight excluding hydrogens is 382 g/mol. The van der Waals surface area contributed by atoms with Crippen molar-refractivity contribution in [3.8, 4) is 11.5 Å². The molecule has 0 aliphatic heterocycles. The number of aliphatic imine (C=N–C) groups is 1. The van der Waals surface area contributed by atoms with Gasteiger partial charge in [0.15, 0.2) is 0 Å². The van der Waals surface area contributed by atoms with Gasteiger partial charge in [0.05, 0.1) is 18.9 Å². The third-order valence-electron chi connectivity index (χ3n) is 5.36. The van der Waals surface area contributed by atoms with Crippen LogP contribution in [0.3, 0.4) is 0 Å². The molecule has 0 unspecified atom stereocenters. The van der Waals surface area contributed by atoms with Crippen molar-refractivity contribution in [2.45, 2.75) is 84.5 Å². The van der Waals surface area contributed by atoms with Crippen molar-refractivity contribution in [2.75, 3.05) is 13.2 Å². The highest BCUT2D eigenvalue weighted by Crippen LogP contribution is 2.19. The zero-order valence-electron chi connectivity index (χ0n) is 19.7. The van der Waals surface area contributed by atoms with Gasteiger partial charge in [-0.2, -0.15) is 0 Å². The lowest BCUT2D eigenvalue weighted by Gasteiger charge is -2.06. The molecule has 3 heteroatoms. The average molecular weight is 424 g/mol. The van der Waals surface area contributed by atoms with Crippen molar-refractivity contribution < 1.29 is 9.47 Å². The Morgan fingerprint density at radius 3 is 1.61 bits per heavy atom. The van der Waals surface area contributed by atoms with Crippen LogP contribution in [0.4, 0.5) is 5.69 Å². The maximum absolute atomic E-state index is 5.86. The molecule has 170 valence electrons. The first-order valence-electron chi connectivity index (χ1n) is 12.3. The maximum atomic E-state index is 5.86. The van der Waals surface area contributed by atoms with E-state index in [0.29, 0.717) is 0 Å². The molecule has 2 aromatic carbocycles. The van der Waals surface area contributed by atoms with E-state index in [0.717, 1.165) is 48.8 Å². The molecular formula is C28H41NO2. The number of nitrogens with zero attached hydrogens (tertiary/aromatic N) is 1. The van der Waals surface area contributed by atoms with Crippen LogP contribution in [0, 0.1) is 0 Å². The molecule has 31 heavy (non-hydrogen) atoms. The molecule has 2 aromatic rings. The Kier molecular flexibility index (Phi) is 13.2. The second-order valence-corrected chi connectivity index (χ2v) is 8.20. The summed E-state index contributed by atoms with van der Waals surface area (Å²) >= 11 is 0. The standard InChI is InChI=1S/C28H41NO2/c1-3-5-7-8-9-10-11-13-23-31-28-20-16-26(17-21-28)29-24-25-14-18-27(19-15-25)30-22-12-6-4-2/h14-21,24H,3-13,22-23H2,1-2H3. The van der Waals surface area contributed by atoms with Crippen LogP contribution in [-0.4, -0.2) is 19.4 Å². The van der Waals surface area contributed by atoms with Crippen LogP contribution in [0.15, 0.2) is 53.5 Å². The summed E-state index contributed by atoms with van der Waals surface area (Å²) in [5.41, 5.74) is 2.00. The Hall–Kier alpha value is -2.29. The quantitative estimate of drug-likeness (QED) is 0.188. The van der Waals surface area contributed by atoms with Crippen LogP contribution in [-0.2, 0) is 0 Å². The summed E-state index contributed by atoms with van der Waals surface area (Å²) in [6, 6.07) is 16.1. The fourth-order valence-electron chi connectivity index (χ4n) is 3.40. The minimum absolute atomic E-state index is 0.786. The summed E-state index contributed by atoms with van der Waals surface area (Å²) in [5, 5.41) is 0. The summed E-state index contributed by atoms with van der Waals surface area (Å²) in [6.07, 6.45) is 16.0. The minimum Gasteiger partial charge on any atom is -0.494 e. The van der Waals surface area contributed by atoms with E-state index in [1.54, 1.807) is 0 Å². The van der Waals surface area contributed by atoms with Crippen molar-refractivity contribution in [1.82, 2.24) is 0 Å². The first-order valence-corrected chi connectivity index (χ1v) is 12.3. The molecule has 0 amide bonds. The van der Waals surface area contributed by atoms with Crippen LogP contribution in [0.2, 0.25) is 0 Å². The van der Waals surface area contributed by atoms with Gasteiger partial charge in [0, 0.05) is 6.21 Å². The number of ether oxygens (including phenoxy) is 2. The first kappa shape index (κ1) is 25.0. The van der Waals surface area contributed by atoms with Gasteiger partial charge in [-0.3, -0.25) is 4.99 Å². The Labute approximate surface area is 189 Å². The Balaban J connectivity index is 1.63. The normalized spacial score (nSPS) is 11.2. The minimum atomic E-state index is 0.786. The summed E-state index contributed by atoms with van der Waals surface area (Å²) in [7, 11) is 0. The SMILES string of the molecule is CCCCCCCCCCOc1ccc(N=Cc2ccc(OCCCCC)cc2)cc1. The van der Waals surface area contributed by atoms with Crippen molar-refractivity contribution in [2.24, 2.45) is 4.99 Å². The van der Waals surface area contributed by atoms with E-state index in [9.17, 15) is 0 Å². The molecule has 0 fully saturated rings. The summed E-state index contributed by atoms with van der Waals surface area (Å²) in [5.74, 6) is 1.85. The lowest BCUT2D eigenvalue weighted by atomic mass is 10.1. The molecule has 0 saturated heterocycles. The molecule has 0 N–H and O–H groups in total. The van der Waals surface area contributed by atoms with Crippen molar-refractivity contribution in [1.29, 1.82) is 0 Å². The van der Waals surface area contributed by atoms with Crippen LogP contribution in [0.1, 0.15) is 90.0 Å². The molecule has 0 aromatic heterocycles. The van der Waals surface area contributed by atoms with Crippen molar-refractivity contribution in [3.05, 3.63) is 54.1 Å². The summed E-state index contributed by atoms with van der Waals surface area (Å²) in [6.45, 7) is 6.05. The van der Waals surface area contributed by atoms with Gasteiger partial charge in [0.2, 0.25) is 0 Å². The molecule has 2 rings (SSSR count). The monoisotopic (exact) mass is 423 g/mol. The van der Waals surface area contributed by atoms with Gasteiger partial charge in [0.25, 0.3) is 0 Å². The van der Waals surface area contributed by atoms with Gasteiger partial charge < -0.3 is 9.47 Å². The predicted octanol–water partition coefficient (Wildman–Crippen LogP) is 8.53.